The van der Waals surface area contributed by atoms with Crippen molar-refractivity contribution in [2.24, 2.45) is 0 Å². The van der Waals surface area contributed by atoms with Crippen molar-refractivity contribution in [3.8, 4) is 0 Å². The summed E-state index contributed by atoms with van der Waals surface area (Å²) in [5.41, 5.74) is 3.53. The fraction of sp³-hybridized carbons (Fsp3) is 0.533. The van der Waals surface area contributed by atoms with E-state index in [1.807, 2.05) is 11.9 Å². The molecule has 0 saturated carbocycles. The molecule has 1 saturated heterocycles. The molecule has 8 nitrogen and oxygen atoms in total. The summed E-state index contributed by atoms with van der Waals surface area (Å²) in [7, 11) is -1.09. The van der Waals surface area contributed by atoms with Crippen molar-refractivity contribution >= 4 is 15.8 Å². The minimum Gasteiger partial charge on any atom is -0.372 e. The van der Waals surface area contributed by atoms with Gasteiger partial charge in [0.05, 0.1) is 31.3 Å². The van der Waals surface area contributed by atoms with Gasteiger partial charge in [-0.1, -0.05) is 23.3 Å². The number of hydrogen-bond donors (Lipinski definition) is 0. The highest BCUT2D eigenvalue weighted by molar-refractivity contribution is 7.91. The topological polar surface area (TPSA) is 90.2 Å². The van der Waals surface area contributed by atoms with Crippen molar-refractivity contribution < 1.29 is 13.2 Å². The summed E-state index contributed by atoms with van der Waals surface area (Å²) in [6, 6.07) is 6.18. The maximum Gasteiger partial charge on any atom is 0.245 e. The van der Waals surface area contributed by atoms with E-state index in [0.29, 0.717) is 32.1 Å². The van der Waals surface area contributed by atoms with Crippen LogP contribution in [0.15, 0.2) is 18.2 Å². The lowest BCUT2D eigenvalue weighted by Crippen LogP contribution is -2.34. The number of fused-ring (bicyclic) bond motifs is 1. The molecule has 3 heterocycles. The Morgan fingerprint density at radius 2 is 2.17 bits per heavy atom. The molecule has 0 radical (unpaired) electrons. The summed E-state index contributed by atoms with van der Waals surface area (Å²) in [5, 5.41) is 11.9. The third-order valence-corrected chi connectivity index (χ3v) is 6.45. The second-order valence-corrected chi connectivity index (χ2v) is 8.63. The largest absolute Gasteiger partial charge is 0.372 e. The molecule has 0 N–H and O–H groups in total. The summed E-state index contributed by atoms with van der Waals surface area (Å²) in [4.78, 5) is 1.88. The normalized spacial score (nSPS) is 21.8. The number of tetrazole rings is 1. The van der Waals surface area contributed by atoms with Crippen LogP contribution in [0.5, 0.6) is 0 Å². The van der Waals surface area contributed by atoms with E-state index in [9.17, 15) is 8.42 Å². The van der Waals surface area contributed by atoms with Crippen molar-refractivity contribution in [1.29, 1.82) is 0 Å². The number of nitrogens with zero attached hydrogens (tertiary/aromatic N) is 5. The Balaban J connectivity index is 1.54. The minimum atomic E-state index is -2.94. The van der Waals surface area contributed by atoms with Crippen LogP contribution in [0, 0.1) is 0 Å². The number of hydrogen-bond acceptors (Lipinski definition) is 7. The molecule has 128 valence electrons. The Bertz CT molecular complexity index is 864. The fourth-order valence-electron chi connectivity index (χ4n) is 3.30. The summed E-state index contributed by atoms with van der Waals surface area (Å²) in [6.07, 6.45) is 0.613. The van der Waals surface area contributed by atoms with Crippen molar-refractivity contribution in [3.05, 3.63) is 34.9 Å². The highest BCUT2D eigenvalue weighted by atomic mass is 32.2. The first-order valence-electron chi connectivity index (χ1n) is 7.90. The molecule has 0 bridgehead atoms. The molecular weight excluding hydrogens is 330 g/mol. The van der Waals surface area contributed by atoms with Gasteiger partial charge in [0.15, 0.2) is 9.84 Å². The van der Waals surface area contributed by atoms with Crippen LogP contribution in [0.4, 0.5) is 5.95 Å². The first kappa shape index (κ1) is 15.5. The number of aromatic nitrogens is 4. The molecule has 2 aliphatic heterocycles. The first-order chi connectivity index (χ1) is 11.5. The zero-order valence-corrected chi connectivity index (χ0v) is 14.2. The first-order valence-corrected chi connectivity index (χ1v) is 9.72. The molecule has 2 aliphatic rings. The van der Waals surface area contributed by atoms with Gasteiger partial charge in [-0.15, -0.1) is 0 Å². The van der Waals surface area contributed by atoms with Gasteiger partial charge in [-0.2, -0.15) is 0 Å². The van der Waals surface area contributed by atoms with Crippen molar-refractivity contribution in [2.45, 2.75) is 32.2 Å². The van der Waals surface area contributed by atoms with Crippen LogP contribution < -0.4 is 4.90 Å². The molecule has 1 aromatic heterocycles. The fourth-order valence-corrected chi connectivity index (χ4v) is 5.07. The van der Waals surface area contributed by atoms with Gasteiger partial charge in [0, 0.05) is 13.1 Å². The molecule has 0 spiro atoms. The lowest BCUT2D eigenvalue weighted by molar-refractivity contribution is 0.134. The minimum absolute atomic E-state index is 0.0758. The highest BCUT2D eigenvalue weighted by Gasteiger charge is 2.32. The van der Waals surface area contributed by atoms with E-state index < -0.39 is 9.84 Å². The number of sulfone groups is 1. The third kappa shape index (κ3) is 2.89. The Labute approximate surface area is 140 Å². The van der Waals surface area contributed by atoms with E-state index in [1.54, 1.807) is 4.68 Å². The smallest absolute Gasteiger partial charge is 0.245 e. The Morgan fingerprint density at radius 3 is 2.96 bits per heavy atom. The van der Waals surface area contributed by atoms with Crippen LogP contribution in [-0.2, 0) is 34.3 Å². The van der Waals surface area contributed by atoms with Gasteiger partial charge in [0.1, 0.15) is 0 Å². The maximum atomic E-state index is 11.7. The van der Waals surface area contributed by atoms with E-state index >= 15 is 0 Å². The molecule has 1 aromatic carbocycles. The summed E-state index contributed by atoms with van der Waals surface area (Å²) < 4.78 is 30.6. The average Bonchev–Trinajstić information content (AvgIpc) is 3.25. The Kier molecular flexibility index (Phi) is 3.76. The summed E-state index contributed by atoms with van der Waals surface area (Å²) >= 11 is 0. The monoisotopic (exact) mass is 349 g/mol. The molecule has 9 heteroatoms. The van der Waals surface area contributed by atoms with E-state index in [2.05, 4.69) is 33.7 Å². The second-order valence-electron chi connectivity index (χ2n) is 6.40. The summed E-state index contributed by atoms with van der Waals surface area (Å²) in [6.45, 7) is 1.86. The molecule has 0 amide bonds. The maximum absolute atomic E-state index is 11.7. The van der Waals surface area contributed by atoms with Crippen LogP contribution in [0.25, 0.3) is 0 Å². The van der Waals surface area contributed by atoms with Gasteiger partial charge in [-0.05, 0) is 33.5 Å². The molecular formula is C15H19N5O3S. The van der Waals surface area contributed by atoms with E-state index in [1.165, 1.54) is 11.1 Å². The summed E-state index contributed by atoms with van der Waals surface area (Å²) in [5.74, 6) is 0.981. The van der Waals surface area contributed by atoms with E-state index in [-0.39, 0.29) is 17.5 Å². The number of ether oxygens (including phenoxy) is 1. The predicted molar refractivity (Wildman–Crippen MR) is 87.3 cm³/mol. The second kappa shape index (κ2) is 5.82. The van der Waals surface area contributed by atoms with Gasteiger partial charge in [0.25, 0.3) is 0 Å². The van der Waals surface area contributed by atoms with Crippen molar-refractivity contribution in [1.82, 2.24) is 20.2 Å². The molecule has 0 aliphatic carbocycles. The molecule has 4 rings (SSSR count). The van der Waals surface area contributed by atoms with Crippen LogP contribution in [0.1, 0.15) is 23.1 Å². The molecule has 24 heavy (non-hydrogen) atoms. The zero-order valence-electron chi connectivity index (χ0n) is 13.4. The predicted octanol–water partition coefficient (Wildman–Crippen LogP) is 0.375. The van der Waals surface area contributed by atoms with Gasteiger partial charge in [-0.25, -0.2) is 13.1 Å². The van der Waals surface area contributed by atoms with E-state index in [0.717, 1.165) is 5.56 Å². The molecule has 1 fully saturated rings. The molecule has 1 atom stereocenters. The van der Waals surface area contributed by atoms with Crippen LogP contribution >= 0.6 is 0 Å². The zero-order chi connectivity index (χ0) is 16.7. The van der Waals surface area contributed by atoms with Gasteiger partial charge >= 0.3 is 0 Å². The lowest BCUT2D eigenvalue weighted by atomic mass is 10.1. The number of rotatable bonds is 4. The number of benzene rings is 1. The van der Waals surface area contributed by atoms with Crippen LogP contribution in [-0.4, -0.2) is 53.2 Å². The van der Waals surface area contributed by atoms with Gasteiger partial charge < -0.3 is 9.64 Å². The molecule has 1 unspecified atom stereocenters. The van der Waals surface area contributed by atoms with Gasteiger partial charge in [0.2, 0.25) is 5.95 Å². The van der Waals surface area contributed by atoms with Crippen LogP contribution in [0.2, 0.25) is 0 Å². The van der Waals surface area contributed by atoms with Crippen LogP contribution in [0.3, 0.4) is 0 Å². The SMILES string of the molecule is CN(c1nnnn1Cc1ccc2c(c1)COC2)C1CCS(=O)(=O)C1. The highest BCUT2D eigenvalue weighted by Crippen LogP contribution is 2.23. The standard InChI is InChI=1S/C15H19N5O3S/c1-19(14-4-5-24(21,22)10-14)15-16-17-18-20(15)7-11-2-3-12-8-23-9-13(12)6-11/h2-3,6,14H,4-5,7-10H2,1H3. The van der Waals surface area contributed by atoms with Crippen molar-refractivity contribution in [3.63, 3.8) is 0 Å². The van der Waals surface area contributed by atoms with Crippen molar-refractivity contribution in [2.75, 3.05) is 23.5 Å². The Morgan fingerprint density at radius 1 is 1.33 bits per heavy atom. The molecule has 2 aromatic rings. The quantitative estimate of drug-likeness (QED) is 0.788. The lowest BCUT2D eigenvalue weighted by Gasteiger charge is -2.23. The third-order valence-electron chi connectivity index (χ3n) is 4.70. The Hall–Kier alpha value is -2.00. The number of anilines is 1. The van der Waals surface area contributed by atoms with Gasteiger partial charge in [-0.3, -0.25) is 0 Å². The van der Waals surface area contributed by atoms with E-state index in [4.69, 9.17) is 4.74 Å². The average molecular weight is 349 g/mol.